The van der Waals surface area contributed by atoms with Gasteiger partial charge in [-0.25, -0.2) is 4.98 Å². The highest BCUT2D eigenvalue weighted by atomic mass is 16.5. The van der Waals surface area contributed by atoms with Gasteiger partial charge in [0.25, 0.3) is 0 Å². The maximum absolute atomic E-state index is 5.05. The van der Waals surface area contributed by atoms with E-state index in [-0.39, 0.29) is 0 Å². The highest BCUT2D eigenvalue weighted by Crippen LogP contribution is 2.18. The van der Waals surface area contributed by atoms with Crippen molar-refractivity contribution in [2.75, 3.05) is 31.4 Å². The number of aromatic nitrogens is 4. The minimum Gasteiger partial charge on any atom is -0.378 e. The minimum absolute atomic E-state index is 0.507. The van der Waals surface area contributed by atoms with Crippen molar-refractivity contribution in [3.05, 3.63) is 28.7 Å². The Morgan fingerprint density at radius 2 is 2.05 bits per heavy atom. The van der Waals surface area contributed by atoms with Crippen LogP contribution in [-0.2, 0) is 17.9 Å². The fourth-order valence-electron chi connectivity index (χ4n) is 1.89. The largest absolute Gasteiger partial charge is 0.378 e. The zero-order valence-electron chi connectivity index (χ0n) is 13.2. The van der Waals surface area contributed by atoms with Crippen LogP contribution in [0, 0.1) is 13.8 Å². The van der Waals surface area contributed by atoms with Crippen LogP contribution in [-0.4, -0.2) is 41.4 Å². The zero-order valence-corrected chi connectivity index (χ0v) is 13.2. The van der Waals surface area contributed by atoms with Gasteiger partial charge in [0.05, 0.1) is 24.5 Å². The topological polar surface area (TPSA) is 79.0 Å². The van der Waals surface area contributed by atoms with Gasteiger partial charge < -0.3 is 15.0 Å². The molecule has 2 aromatic heterocycles. The molecule has 2 rings (SSSR count). The summed E-state index contributed by atoms with van der Waals surface area (Å²) in [5, 5.41) is 10.5. The molecule has 114 valence electrons. The van der Waals surface area contributed by atoms with Crippen LogP contribution in [0.5, 0.6) is 0 Å². The van der Waals surface area contributed by atoms with Crippen LogP contribution < -0.4 is 10.2 Å². The van der Waals surface area contributed by atoms with Gasteiger partial charge in [-0.3, -0.25) is 5.10 Å². The van der Waals surface area contributed by atoms with Gasteiger partial charge in [-0.15, -0.1) is 0 Å². The third-order valence-corrected chi connectivity index (χ3v) is 3.20. The van der Waals surface area contributed by atoms with Crippen LogP contribution in [0.15, 0.2) is 6.07 Å². The molecular weight excluding hydrogens is 268 g/mol. The molecule has 7 heteroatoms. The molecule has 0 spiro atoms. The summed E-state index contributed by atoms with van der Waals surface area (Å²) in [6.07, 6.45) is 0. The number of H-pyrrole nitrogens is 1. The molecule has 0 unspecified atom stereocenters. The summed E-state index contributed by atoms with van der Waals surface area (Å²) in [4.78, 5) is 10.9. The fraction of sp³-hybridized carbons (Fsp3) is 0.500. The predicted molar refractivity (Wildman–Crippen MR) is 82.5 cm³/mol. The molecule has 0 radical (unpaired) electrons. The van der Waals surface area contributed by atoms with Gasteiger partial charge in [-0.1, -0.05) is 0 Å². The number of hydrogen-bond donors (Lipinski definition) is 2. The molecule has 0 fully saturated rings. The molecular formula is C14H22N6O. The number of rotatable bonds is 6. The van der Waals surface area contributed by atoms with Crippen molar-refractivity contribution < 1.29 is 4.74 Å². The Morgan fingerprint density at radius 1 is 1.29 bits per heavy atom. The molecule has 0 aliphatic heterocycles. The van der Waals surface area contributed by atoms with Gasteiger partial charge in [0.15, 0.2) is 0 Å². The Balaban J connectivity index is 2.11. The first-order chi connectivity index (χ1) is 10.0. The maximum Gasteiger partial charge on any atom is 0.227 e. The predicted octanol–water partition coefficient (Wildman–Crippen LogP) is 1.64. The molecule has 0 saturated heterocycles. The number of ether oxygens (including phenoxy) is 1. The molecule has 2 N–H and O–H groups in total. The van der Waals surface area contributed by atoms with Crippen molar-refractivity contribution in [3.8, 4) is 0 Å². The molecule has 2 aromatic rings. The molecule has 0 aromatic carbocycles. The Kier molecular flexibility index (Phi) is 4.74. The normalized spacial score (nSPS) is 10.7. The Labute approximate surface area is 124 Å². The van der Waals surface area contributed by atoms with E-state index in [9.17, 15) is 0 Å². The number of nitrogens with zero attached hydrogens (tertiary/aromatic N) is 4. The third kappa shape index (κ3) is 3.69. The summed E-state index contributed by atoms with van der Waals surface area (Å²) >= 11 is 0. The Bertz CT molecular complexity index is 608. The van der Waals surface area contributed by atoms with Crippen molar-refractivity contribution >= 4 is 11.8 Å². The number of hydrogen-bond acceptors (Lipinski definition) is 6. The van der Waals surface area contributed by atoms with E-state index < -0.39 is 0 Å². The molecule has 21 heavy (non-hydrogen) atoms. The smallest absolute Gasteiger partial charge is 0.227 e. The average Bonchev–Trinajstić information content (AvgIpc) is 2.88. The fourth-order valence-corrected chi connectivity index (χ4v) is 1.89. The van der Waals surface area contributed by atoms with E-state index in [1.54, 1.807) is 7.11 Å². The maximum atomic E-state index is 5.05. The molecule has 0 aliphatic carbocycles. The van der Waals surface area contributed by atoms with Gasteiger partial charge >= 0.3 is 0 Å². The summed E-state index contributed by atoms with van der Waals surface area (Å²) in [6.45, 7) is 5.14. The van der Waals surface area contributed by atoms with Crippen molar-refractivity contribution in [1.82, 2.24) is 20.2 Å². The molecule has 2 heterocycles. The molecule has 0 bridgehead atoms. The number of aromatic amines is 1. The summed E-state index contributed by atoms with van der Waals surface area (Å²) in [7, 11) is 5.52. The number of nitrogens with one attached hydrogen (secondary N) is 2. The van der Waals surface area contributed by atoms with Gasteiger partial charge in [0, 0.05) is 32.5 Å². The number of methoxy groups -OCH3 is 1. The Morgan fingerprint density at radius 3 is 2.71 bits per heavy atom. The first kappa shape index (κ1) is 15.2. The van der Waals surface area contributed by atoms with Crippen molar-refractivity contribution in [2.24, 2.45) is 0 Å². The van der Waals surface area contributed by atoms with Crippen LogP contribution in [0.4, 0.5) is 11.8 Å². The lowest BCUT2D eigenvalue weighted by Crippen LogP contribution is -2.16. The lowest BCUT2D eigenvalue weighted by atomic mass is 10.2. The van der Waals surface area contributed by atoms with E-state index in [4.69, 9.17) is 4.74 Å². The van der Waals surface area contributed by atoms with E-state index >= 15 is 0 Å². The van der Waals surface area contributed by atoms with Crippen LogP contribution in [0.2, 0.25) is 0 Å². The van der Waals surface area contributed by atoms with Gasteiger partial charge in [-0.2, -0.15) is 10.1 Å². The summed E-state index contributed by atoms with van der Waals surface area (Å²) in [5.74, 6) is 1.54. The second-order valence-corrected chi connectivity index (χ2v) is 5.15. The Hall–Kier alpha value is -2.15. The first-order valence-corrected chi connectivity index (χ1v) is 6.79. The summed E-state index contributed by atoms with van der Waals surface area (Å²) < 4.78 is 5.05. The lowest BCUT2D eigenvalue weighted by Gasteiger charge is -2.15. The highest BCUT2D eigenvalue weighted by molar-refractivity contribution is 5.50. The van der Waals surface area contributed by atoms with E-state index in [2.05, 4.69) is 25.5 Å². The van der Waals surface area contributed by atoms with Crippen molar-refractivity contribution in [2.45, 2.75) is 27.0 Å². The molecule has 7 nitrogen and oxygen atoms in total. The van der Waals surface area contributed by atoms with E-state index in [0.717, 1.165) is 28.5 Å². The third-order valence-electron chi connectivity index (χ3n) is 3.20. The molecule has 0 saturated carbocycles. The van der Waals surface area contributed by atoms with Crippen molar-refractivity contribution in [1.29, 1.82) is 0 Å². The summed E-state index contributed by atoms with van der Waals surface area (Å²) in [6, 6.07) is 1.98. The van der Waals surface area contributed by atoms with E-state index in [1.165, 1.54) is 0 Å². The van der Waals surface area contributed by atoms with Gasteiger partial charge in [0.1, 0.15) is 5.82 Å². The first-order valence-electron chi connectivity index (χ1n) is 6.79. The highest BCUT2D eigenvalue weighted by Gasteiger charge is 2.09. The average molecular weight is 290 g/mol. The molecule has 0 amide bonds. The lowest BCUT2D eigenvalue weighted by molar-refractivity contribution is 0.181. The number of aryl methyl sites for hydroxylation is 1. The molecule has 0 aliphatic rings. The quantitative estimate of drug-likeness (QED) is 0.842. The van der Waals surface area contributed by atoms with Crippen LogP contribution in [0.25, 0.3) is 0 Å². The van der Waals surface area contributed by atoms with Gasteiger partial charge in [-0.05, 0) is 19.9 Å². The monoisotopic (exact) mass is 290 g/mol. The molecule has 0 atom stereocenters. The SMILES string of the molecule is COCc1cc(CNc2nc(N(C)C)nc(C)c2C)[nH]n1. The second-order valence-electron chi connectivity index (χ2n) is 5.15. The van der Waals surface area contributed by atoms with Crippen LogP contribution in [0.1, 0.15) is 22.6 Å². The van der Waals surface area contributed by atoms with E-state index in [1.807, 2.05) is 38.9 Å². The van der Waals surface area contributed by atoms with Crippen LogP contribution in [0.3, 0.4) is 0 Å². The van der Waals surface area contributed by atoms with Crippen LogP contribution >= 0.6 is 0 Å². The van der Waals surface area contributed by atoms with Crippen molar-refractivity contribution in [3.63, 3.8) is 0 Å². The van der Waals surface area contributed by atoms with Gasteiger partial charge in [0.2, 0.25) is 5.95 Å². The minimum atomic E-state index is 0.507. The standard InChI is InChI=1S/C14H22N6O/c1-9-10(2)16-14(20(3)4)17-13(9)15-7-11-6-12(8-21-5)19-18-11/h6H,7-8H2,1-5H3,(H,18,19)(H,15,16,17). The second kappa shape index (κ2) is 6.53. The summed E-state index contributed by atoms with van der Waals surface area (Å²) in [5.41, 5.74) is 3.90. The zero-order chi connectivity index (χ0) is 15.4. The van der Waals surface area contributed by atoms with E-state index in [0.29, 0.717) is 19.1 Å². The number of anilines is 2.